The van der Waals surface area contributed by atoms with Crippen LogP contribution in [0.2, 0.25) is 0 Å². The lowest BCUT2D eigenvalue weighted by atomic mass is 9.76. The van der Waals surface area contributed by atoms with Gasteiger partial charge < -0.3 is 14.9 Å². The number of aliphatic hydroxyl groups is 2. The van der Waals surface area contributed by atoms with Crippen molar-refractivity contribution in [1.29, 1.82) is 0 Å². The highest BCUT2D eigenvalue weighted by Crippen LogP contribution is 2.54. The summed E-state index contributed by atoms with van der Waals surface area (Å²) in [7, 11) is 0. The van der Waals surface area contributed by atoms with E-state index in [9.17, 15) is 15.0 Å². The smallest absolute Gasteiger partial charge is 0.309 e. The minimum absolute atomic E-state index is 0.0538. The van der Waals surface area contributed by atoms with E-state index in [0.717, 1.165) is 18.4 Å². The van der Waals surface area contributed by atoms with Crippen molar-refractivity contribution >= 4 is 5.97 Å². The minimum atomic E-state index is -1.20. The largest absolute Gasteiger partial charge is 0.461 e. The third-order valence-electron chi connectivity index (χ3n) is 5.63. The number of rotatable bonds is 0. The molecule has 1 saturated heterocycles. The van der Waals surface area contributed by atoms with Gasteiger partial charge in [0.2, 0.25) is 0 Å². The van der Waals surface area contributed by atoms with Crippen LogP contribution in [-0.4, -0.2) is 34.0 Å². The second-order valence-electron chi connectivity index (χ2n) is 6.66. The van der Waals surface area contributed by atoms with Crippen LogP contribution < -0.4 is 0 Å². The number of aliphatic hydroxyl groups excluding tert-OH is 1. The molecular weight excluding hydrogens is 244 g/mol. The minimum Gasteiger partial charge on any atom is -0.461 e. The molecule has 19 heavy (non-hydrogen) atoms. The fourth-order valence-corrected chi connectivity index (χ4v) is 4.32. The zero-order chi connectivity index (χ0) is 13.9. The number of esters is 1. The number of carbonyl (C=O) groups is 1. The molecular formula is C15H22O4. The molecule has 3 fully saturated rings. The van der Waals surface area contributed by atoms with Crippen LogP contribution in [0.15, 0.2) is 12.2 Å². The SMILES string of the molecule is C=C1CC[C@@H]2[C@H](OC(=O)[C@@H]2C)[C@@H]2[C@H]1C[C@H](O)[C@]2(C)O. The van der Waals surface area contributed by atoms with Crippen LogP contribution in [0.4, 0.5) is 0 Å². The molecule has 0 spiro atoms. The second kappa shape index (κ2) is 4.06. The fourth-order valence-electron chi connectivity index (χ4n) is 4.32. The van der Waals surface area contributed by atoms with E-state index >= 15 is 0 Å². The Morgan fingerprint density at radius 1 is 1.47 bits per heavy atom. The Morgan fingerprint density at radius 2 is 2.16 bits per heavy atom. The Morgan fingerprint density at radius 3 is 2.84 bits per heavy atom. The highest BCUT2D eigenvalue weighted by molar-refractivity contribution is 5.75. The topological polar surface area (TPSA) is 66.8 Å². The predicted molar refractivity (Wildman–Crippen MR) is 69.1 cm³/mol. The summed E-state index contributed by atoms with van der Waals surface area (Å²) in [5, 5.41) is 20.8. The van der Waals surface area contributed by atoms with Gasteiger partial charge in [-0.15, -0.1) is 0 Å². The molecule has 1 heterocycles. The summed E-state index contributed by atoms with van der Waals surface area (Å²) in [6.07, 6.45) is 1.21. The predicted octanol–water partition coefficient (Wildman–Crippen LogP) is 1.26. The first-order chi connectivity index (χ1) is 8.84. The van der Waals surface area contributed by atoms with Gasteiger partial charge in [0.1, 0.15) is 6.10 Å². The highest BCUT2D eigenvalue weighted by atomic mass is 16.6. The van der Waals surface area contributed by atoms with Crippen LogP contribution in [0, 0.1) is 23.7 Å². The van der Waals surface area contributed by atoms with Crippen LogP contribution in [0.5, 0.6) is 0 Å². The summed E-state index contributed by atoms with van der Waals surface area (Å²) < 4.78 is 5.55. The molecule has 0 unspecified atom stereocenters. The van der Waals surface area contributed by atoms with Crippen LogP contribution in [0.1, 0.15) is 33.1 Å². The normalized spacial score (nSPS) is 53.5. The van der Waals surface area contributed by atoms with E-state index < -0.39 is 11.7 Å². The molecule has 2 aliphatic carbocycles. The van der Waals surface area contributed by atoms with E-state index in [2.05, 4.69) is 6.58 Å². The number of carbonyl (C=O) groups excluding carboxylic acids is 1. The first-order valence-corrected chi connectivity index (χ1v) is 7.12. The maximum Gasteiger partial charge on any atom is 0.309 e. The van der Waals surface area contributed by atoms with Crippen molar-refractivity contribution < 1.29 is 19.7 Å². The average molecular weight is 266 g/mol. The van der Waals surface area contributed by atoms with Crippen molar-refractivity contribution in [2.24, 2.45) is 23.7 Å². The van der Waals surface area contributed by atoms with E-state index in [-0.39, 0.29) is 35.7 Å². The molecule has 4 nitrogen and oxygen atoms in total. The van der Waals surface area contributed by atoms with Gasteiger partial charge in [-0.25, -0.2) is 0 Å². The van der Waals surface area contributed by atoms with Crippen LogP contribution in [-0.2, 0) is 9.53 Å². The quantitative estimate of drug-likeness (QED) is 0.512. The average Bonchev–Trinajstić information content (AvgIpc) is 2.67. The summed E-state index contributed by atoms with van der Waals surface area (Å²) in [6.45, 7) is 7.69. The molecule has 3 rings (SSSR count). The number of hydrogen-bond donors (Lipinski definition) is 2. The molecule has 0 amide bonds. The van der Waals surface area contributed by atoms with E-state index in [4.69, 9.17) is 4.74 Å². The van der Waals surface area contributed by atoms with Crippen molar-refractivity contribution in [2.45, 2.75) is 50.9 Å². The Bertz CT molecular complexity index is 428. The van der Waals surface area contributed by atoms with E-state index in [1.807, 2.05) is 6.92 Å². The van der Waals surface area contributed by atoms with Gasteiger partial charge in [-0.3, -0.25) is 4.79 Å². The lowest BCUT2D eigenvalue weighted by Crippen LogP contribution is -2.47. The van der Waals surface area contributed by atoms with Crippen LogP contribution in [0.3, 0.4) is 0 Å². The van der Waals surface area contributed by atoms with E-state index in [1.165, 1.54) is 0 Å². The molecule has 1 aliphatic heterocycles. The molecule has 4 heteroatoms. The lowest BCUT2D eigenvalue weighted by molar-refractivity contribution is -0.152. The molecule has 2 N–H and O–H groups in total. The molecule has 0 bridgehead atoms. The van der Waals surface area contributed by atoms with Crippen molar-refractivity contribution in [3.8, 4) is 0 Å². The fraction of sp³-hybridized carbons (Fsp3) is 0.800. The third kappa shape index (κ3) is 1.69. The molecule has 0 aromatic carbocycles. The zero-order valence-electron chi connectivity index (χ0n) is 11.5. The Balaban J connectivity index is 2.02. The van der Waals surface area contributed by atoms with Crippen LogP contribution >= 0.6 is 0 Å². The first kappa shape index (κ1) is 13.1. The molecule has 0 aromatic heterocycles. The zero-order valence-corrected chi connectivity index (χ0v) is 11.5. The molecule has 3 aliphatic rings. The van der Waals surface area contributed by atoms with Crippen LogP contribution in [0.25, 0.3) is 0 Å². The third-order valence-corrected chi connectivity index (χ3v) is 5.63. The Hall–Kier alpha value is -0.870. The summed E-state index contributed by atoms with van der Waals surface area (Å²) in [4.78, 5) is 11.8. The van der Waals surface area contributed by atoms with E-state index in [0.29, 0.717) is 6.42 Å². The van der Waals surface area contributed by atoms with Gasteiger partial charge in [0, 0.05) is 11.8 Å². The van der Waals surface area contributed by atoms with Gasteiger partial charge in [-0.1, -0.05) is 19.1 Å². The van der Waals surface area contributed by atoms with Gasteiger partial charge in [-0.05, 0) is 32.1 Å². The molecule has 106 valence electrons. The molecule has 7 atom stereocenters. The highest BCUT2D eigenvalue weighted by Gasteiger charge is 2.60. The number of allylic oxidation sites excluding steroid dienone is 1. The second-order valence-corrected chi connectivity index (χ2v) is 6.66. The number of fused-ring (bicyclic) bond motifs is 3. The summed E-state index contributed by atoms with van der Waals surface area (Å²) in [5.41, 5.74) is -0.120. The lowest BCUT2D eigenvalue weighted by Gasteiger charge is -2.35. The van der Waals surface area contributed by atoms with Crippen molar-refractivity contribution in [2.75, 3.05) is 0 Å². The van der Waals surface area contributed by atoms with Crippen molar-refractivity contribution in [1.82, 2.24) is 0 Å². The van der Waals surface area contributed by atoms with Gasteiger partial charge in [-0.2, -0.15) is 0 Å². The molecule has 2 saturated carbocycles. The maximum absolute atomic E-state index is 11.8. The van der Waals surface area contributed by atoms with Crippen molar-refractivity contribution in [3.05, 3.63) is 12.2 Å². The van der Waals surface area contributed by atoms with Crippen molar-refractivity contribution in [3.63, 3.8) is 0 Å². The molecule has 0 aromatic rings. The summed E-state index contributed by atoms with van der Waals surface area (Å²) in [6, 6.07) is 0. The summed E-state index contributed by atoms with van der Waals surface area (Å²) >= 11 is 0. The number of hydrogen-bond acceptors (Lipinski definition) is 4. The first-order valence-electron chi connectivity index (χ1n) is 7.12. The standard InChI is InChI=1S/C15H22O4/c1-7-4-5-9-8(2)14(17)19-13(9)12-10(7)6-11(16)15(12,3)18/h8-13,16,18H,1,4-6H2,2-3H3/t8-,9+,10+,11+,12+,13+,15+/m1/s1. The van der Waals surface area contributed by atoms with Gasteiger partial charge in [0.15, 0.2) is 0 Å². The van der Waals surface area contributed by atoms with Gasteiger partial charge >= 0.3 is 5.97 Å². The Labute approximate surface area is 113 Å². The Kier molecular flexibility index (Phi) is 2.81. The number of ether oxygens (including phenoxy) is 1. The maximum atomic E-state index is 11.8. The van der Waals surface area contributed by atoms with E-state index in [1.54, 1.807) is 6.92 Å². The van der Waals surface area contributed by atoms with Gasteiger partial charge in [0.05, 0.1) is 17.6 Å². The summed E-state index contributed by atoms with van der Waals surface area (Å²) in [5.74, 6) is -0.325. The van der Waals surface area contributed by atoms with Gasteiger partial charge in [0.25, 0.3) is 0 Å². The monoisotopic (exact) mass is 266 g/mol. The molecule has 0 radical (unpaired) electrons.